The second kappa shape index (κ2) is 8.44. The van der Waals surface area contributed by atoms with Crippen LogP contribution in [0.25, 0.3) is 10.8 Å². The lowest BCUT2D eigenvalue weighted by Gasteiger charge is -2.10. The molecule has 0 aliphatic heterocycles. The van der Waals surface area contributed by atoms with Crippen LogP contribution in [0.4, 0.5) is 0 Å². The Bertz CT molecular complexity index is 1130. The van der Waals surface area contributed by atoms with E-state index in [0.717, 1.165) is 27.8 Å². The van der Waals surface area contributed by atoms with Crippen molar-refractivity contribution in [3.63, 3.8) is 0 Å². The van der Waals surface area contributed by atoms with E-state index in [1.807, 2.05) is 66.7 Å². The van der Waals surface area contributed by atoms with E-state index >= 15 is 0 Å². The molecule has 0 radical (unpaired) electrons. The van der Waals surface area contributed by atoms with Gasteiger partial charge in [-0.1, -0.05) is 42.5 Å². The second-order valence-corrected chi connectivity index (χ2v) is 6.65. The number of nitrogens with zero attached hydrogens (tertiary/aromatic N) is 1. The number of carbonyl (C=O) groups is 1. The molecular weight excluding hydrogens is 364 g/mol. The molecule has 1 aromatic heterocycles. The van der Waals surface area contributed by atoms with Crippen LogP contribution in [0.3, 0.4) is 0 Å². The van der Waals surface area contributed by atoms with Crippen LogP contribution in [0.5, 0.6) is 11.5 Å². The fourth-order valence-corrected chi connectivity index (χ4v) is 3.03. The fourth-order valence-electron chi connectivity index (χ4n) is 3.03. The fraction of sp³-hybridized carbons (Fsp3) is 0.0833. The van der Waals surface area contributed by atoms with E-state index in [2.05, 4.69) is 10.3 Å². The molecule has 0 spiro atoms. The van der Waals surface area contributed by atoms with Crippen LogP contribution in [0.2, 0.25) is 0 Å². The Morgan fingerprint density at radius 2 is 1.66 bits per heavy atom. The molecule has 1 amide bonds. The highest BCUT2D eigenvalue weighted by Crippen LogP contribution is 2.25. The van der Waals surface area contributed by atoms with Gasteiger partial charge in [-0.3, -0.25) is 9.78 Å². The predicted octanol–water partition coefficient (Wildman–Crippen LogP) is 4.45. The van der Waals surface area contributed by atoms with Crippen LogP contribution >= 0.6 is 0 Å². The number of amides is 1. The Morgan fingerprint density at radius 3 is 2.38 bits per heavy atom. The van der Waals surface area contributed by atoms with Crippen molar-refractivity contribution in [3.8, 4) is 11.5 Å². The number of hydrogen-bond donors (Lipinski definition) is 2. The van der Waals surface area contributed by atoms with E-state index in [1.165, 1.54) is 0 Å². The molecule has 0 saturated carbocycles. The van der Waals surface area contributed by atoms with E-state index in [0.29, 0.717) is 13.2 Å². The summed E-state index contributed by atoms with van der Waals surface area (Å²) < 4.78 is 5.72. The Balaban J connectivity index is 1.36. The Labute approximate surface area is 168 Å². The topological polar surface area (TPSA) is 71.5 Å². The lowest BCUT2D eigenvalue weighted by molar-refractivity contribution is 0.0948. The van der Waals surface area contributed by atoms with Crippen molar-refractivity contribution in [3.05, 3.63) is 102 Å². The molecule has 0 atom stereocenters. The molecule has 0 aliphatic rings. The Hall–Kier alpha value is -3.86. The van der Waals surface area contributed by atoms with E-state index in [9.17, 15) is 9.90 Å². The number of pyridine rings is 1. The van der Waals surface area contributed by atoms with Gasteiger partial charge in [-0.2, -0.15) is 0 Å². The predicted molar refractivity (Wildman–Crippen MR) is 112 cm³/mol. The van der Waals surface area contributed by atoms with Gasteiger partial charge in [0.2, 0.25) is 0 Å². The summed E-state index contributed by atoms with van der Waals surface area (Å²) in [5.41, 5.74) is 2.06. The molecule has 4 aromatic rings. The van der Waals surface area contributed by atoms with Crippen LogP contribution in [0.15, 0.2) is 85.1 Å². The van der Waals surface area contributed by atoms with Gasteiger partial charge < -0.3 is 15.2 Å². The third kappa shape index (κ3) is 4.52. The standard InChI is InChI=1S/C24H20N2O3/c27-23-14-19-6-2-1-5-18(19)13-22(23)24(28)26-15-17-8-10-21(11-9-17)29-16-20-7-3-4-12-25-20/h1-14,27H,15-16H2,(H,26,28). The third-order valence-electron chi connectivity index (χ3n) is 4.60. The molecule has 2 N–H and O–H groups in total. The number of phenols is 1. The van der Waals surface area contributed by atoms with Gasteiger partial charge in [-0.05, 0) is 52.7 Å². The van der Waals surface area contributed by atoms with Crippen molar-refractivity contribution in [2.75, 3.05) is 0 Å². The number of phenolic OH excluding ortho intramolecular Hbond substituents is 1. The second-order valence-electron chi connectivity index (χ2n) is 6.65. The summed E-state index contributed by atoms with van der Waals surface area (Å²) in [6, 6.07) is 24.1. The average molecular weight is 384 g/mol. The Kier molecular flexibility index (Phi) is 5.38. The maximum atomic E-state index is 12.5. The zero-order valence-electron chi connectivity index (χ0n) is 15.7. The number of hydrogen-bond acceptors (Lipinski definition) is 4. The number of ether oxygens (including phenoxy) is 1. The van der Waals surface area contributed by atoms with Gasteiger partial charge >= 0.3 is 0 Å². The smallest absolute Gasteiger partial charge is 0.255 e. The lowest BCUT2D eigenvalue weighted by Crippen LogP contribution is -2.22. The van der Waals surface area contributed by atoms with E-state index in [4.69, 9.17) is 4.74 Å². The van der Waals surface area contributed by atoms with Crippen LogP contribution in [-0.2, 0) is 13.2 Å². The SMILES string of the molecule is O=C(NCc1ccc(OCc2ccccn2)cc1)c1cc2ccccc2cc1O. The summed E-state index contributed by atoms with van der Waals surface area (Å²) in [6.45, 7) is 0.754. The molecule has 0 bridgehead atoms. The number of rotatable bonds is 6. The zero-order valence-corrected chi connectivity index (χ0v) is 15.7. The minimum absolute atomic E-state index is 0.0283. The van der Waals surface area contributed by atoms with Crippen molar-refractivity contribution < 1.29 is 14.6 Å². The largest absolute Gasteiger partial charge is 0.507 e. The lowest BCUT2D eigenvalue weighted by atomic mass is 10.1. The summed E-state index contributed by atoms with van der Waals surface area (Å²) in [5, 5.41) is 14.8. The van der Waals surface area contributed by atoms with Gasteiger partial charge in [0, 0.05) is 12.7 Å². The number of carbonyl (C=O) groups excluding carboxylic acids is 1. The first kappa shape index (κ1) is 18.5. The van der Waals surface area contributed by atoms with Crippen molar-refractivity contribution in [1.82, 2.24) is 10.3 Å². The summed E-state index contributed by atoms with van der Waals surface area (Å²) in [5.74, 6) is 0.390. The molecule has 4 rings (SSSR count). The number of benzene rings is 3. The molecule has 29 heavy (non-hydrogen) atoms. The molecule has 0 aliphatic carbocycles. The van der Waals surface area contributed by atoms with Gasteiger partial charge in [0.15, 0.2) is 0 Å². The first-order valence-electron chi connectivity index (χ1n) is 9.31. The van der Waals surface area contributed by atoms with Gasteiger partial charge in [-0.15, -0.1) is 0 Å². The minimum atomic E-state index is -0.316. The minimum Gasteiger partial charge on any atom is -0.507 e. The molecule has 0 saturated heterocycles. The van der Waals surface area contributed by atoms with Crippen LogP contribution in [0.1, 0.15) is 21.6 Å². The number of aromatic hydroxyl groups is 1. The quantitative estimate of drug-likeness (QED) is 0.515. The van der Waals surface area contributed by atoms with Crippen molar-refractivity contribution >= 4 is 16.7 Å². The van der Waals surface area contributed by atoms with Gasteiger partial charge in [0.1, 0.15) is 18.1 Å². The summed E-state index contributed by atoms with van der Waals surface area (Å²) >= 11 is 0. The zero-order chi connectivity index (χ0) is 20.1. The molecule has 5 heteroatoms. The molecule has 3 aromatic carbocycles. The third-order valence-corrected chi connectivity index (χ3v) is 4.60. The number of aromatic nitrogens is 1. The molecule has 0 unspecified atom stereocenters. The van der Waals surface area contributed by atoms with Crippen LogP contribution < -0.4 is 10.1 Å². The van der Waals surface area contributed by atoms with Crippen molar-refractivity contribution in [1.29, 1.82) is 0 Å². The maximum Gasteiger partial charge on any atom is 0.255 e. The molecule has 144 valence electrons. The van der Waals surface area contributed by atoms with Crippen LogP contribution in [-0.4, -0.2) is 16.0 Å². The highest BCUT2D eigenvalue weighted by molar-refractivity contribution is 6.01. The van der Waals surface area contributed by atoms with E-state index in [1.54, 1.807) is 18.3 Å². The Morgan fingerprint density at radius 1 is 0.931 bits per heavy atom. The van der Waals surface area contributed by atoms with E-state index in [-0.39, 0.29) is 17.2 Å². The number of fused-ring (bicyclic) bond motifs is 1. The monoisotopic (exact) mass is 384 g/mol. The molecule has 0 fully saturated rings. The number of nitrogens with one attached hydrogen (secondary N) is 1. The van der Waals surface area contributed by atoms with Gasteiger partial charge in [-0.25, -0.2) is 0 Å². The highest BCUT2D eigenvalue weighted by atomic mass is 16.5. The maximum absolute atomic E-state index is 12.5. The van der Waals surface area contributed by atoms with Gasteiger partial charge in [0.05, 0.1) is 11.3 Å². The first-order valence-corrected chi connectivity index (χ1v) is 9.31. The van der Waals surface area contributed by atoms with Gasteiger partial charge in [0.25, 0.3) is 5.91 Å². The van der Waals surface area contributed by atoms with E-state index < -0.39 is 0 Å². The molecule has 5 nitrogen and oxygen atoms in total. The summed E-state index contributed by atoms with van der Waals surface area (Å²) in [7, 11) is 0. The van der Waals surface area contributed by atoms with Crippen molar-refractivity contribution in [2.45, 2.75) is 13.2 Å². The first-order chi connectivity index (χ1) is 14.2. The highest BCUT2D eigenvalue weighted by Gasteiger charge is 2.12. The molecule has 1 heterocycles. The van der Waals surface area contributed by atoms with Crippen molar-refractivity contribution in [2.24, 2.45) is 0 Å². The molecular formula is C24H20N2O3. The summed E-state index contributed by atoms with van der Waals surface area (Å²) in [4.78, 5) is 16.7. The summed E-state index contributed by atoms with van der Waals surface area (Å²) in [6.07, 6.45) is 1.73. The van der Waals surface area contributed by atoms with Crippen LogP contribution in [0, 0.1) is 0 Å². The average Bonchev–Trinajstić information content (AvgIpc) is 2.77. The normalized spacial score (nSPS) is 10.6.